The van der Waals surface area contributed by atoms with Gasteiger partial charge in [0.05, 0.1) is 5.56 Å². The number of aromatic nitrogens is 3. The van der Waals surface area contributed by atoms with E-state index < -0.39 is 11.7 Å². The van der Waals surface area contributed by atoms with Gasteiger partial charge in [-0.1, -0.05) is 44.0 Å². The fraction of sp³-hybridized carbons (Fsp3) is 0.556. The lowest BCUT2D eigenvalue weighted by Gasteiger charge is -2.25. The van der Waals surface area contributed by atoms with Crippen LogP contribution in [-0.4, -0.2) is 52.1 Å². The maximum Gasteiger partial charge on any atom is 0.416 e. The predicted molar refractivity (Wildman–Crippen MR) is 134 cm³/mol. The molecule has 1 amide bonds. The Balaban J connectivity index is 1.52. The van der Waals surface area contributed by atoms with Gasteiger partial charge in [0, 0.05) is 44.1 Å². The summed E-state index contributed by atoms with van der Waals surface area (Å²) in [6.07, 6.45) is 1.07. The van der Waals surface area contributed by atoms with Gasteiger partial charge in [0.15, 0.2) is 0 Å². The molecule has 5 rings (SSSR count). The van der Waals surface area contributed by atoms with Gasteiger partial charge in [-0.3, -0.25) is 4.79 Å². The number of fused-ring (bicyclic) bond motifs is 1. The van der Waals surface area contributed by atoms with Crippen LogP contribution in [0, 0.1) is 11.8 Å². The zero-order valence-corrected chi connectivity index (χ0v) is 21.2. The van der Waals surface area contributed by atoms with Crippen LogP contribution in [0.3, 0.4) is 0 Å². The maximum absolute atomic E-state index is 13.4. The van der Waals surface area contributed by atoms with Gasteiger partial charge < -0.3 is 14.3 Å². The number of alkyl halides is 3. The van der Waals surface area contributed by atoms with Gasteiger partial charge in [0.25, 0.3) is 5.71 Å². The summed E-state index contributed by atoms with van der Waals surface area (Å²) in [5.41, 5.74) is 0.0882. The van der Waals surface area contributed by atoms with E-state index in [2.05, 4.69) is 28.9 Å². The van der Waals surface area contributed by atoms with E-state index in [1.807, 2.05) is 4.90 Å². The minimum Gasteiger partial charge on any atom is -0.354 e. The summed E-state index contributed by atoms with van der Waals surface area (Å²) >= 11 is 0. The van der Waals surface area contributed by atoms with Gasteiger partial charge in [0.2, 0.25) is 5.91 Å². The van der Waals surface area contributed by atoms with Gasteiger partial charge in [-0.15, -0.1) is 0 Å². The van der Waals surface area contributed by atoms with E-state index in [1.54, 1.807) is 6.07 Å². The van der Waals surface area contributed by atoms with Crippen LogP contribution < -0.4 is 4.90 Å². The van der Waals surface area contributed by atoms with Crippen molar-refractivity contribution in [2.24, 2.45) is 11.8 Å². The van der Waals surface area contributed by atoms with Crippen LogP contribution in [0.5, 0.6) is 0 Å². The third kappa shape index (κ3) is 5.43. The third-order valence-electron chi connectivity index (χ3n) is 7.23. The Morgan fingerprint density at radius 2 is 1.86 bits per heavy atom. The number of halogens is 3. The molecule has 2 aliphatic rings. The van der Waals surface area contributed by atoms with E-state index in [0.29, 0.717) is 61.1 Å². The molecular weight excluding hydrogens is 483 g/mol. The topological polar surface area (TPSA) is 75.4 Å². The summed E-state index contributed by atoms with van der Waals surface area (Å²) < 4.78 is 45.8. The molecule has 7 nitrogen and oxygen atoms in total. The quantitative estimate of drug-likeness (QED) is 0.432. The van der Waals surface area contributed by atoms with E-state index in [1.165, 1.54) is 6.07 Å². The Labute approximate surface area is 214 Å². The van der Waals surface area contributed by atoms with Crippen molar-refractivity contribution in [2.75, 3.05) is 31.1 Å². The molecule has 37 heavy (non-hydrogen) atoms. The molecule has 0 radical (unpaired) electrons. The highest BCUT2D eigenvalue weighted by atomic mass is 19.4. The van der Waals surface area contributed by atoms with Gasteiger partial charge in [-0.2, -0.15) is 18.2 Å². The summed E-state index contributed by atoms with van der Waals surface area (Å²) in [7, 11) is 0. The number of carbonyl (C=O) groups excluding carboxylic acids is 1. The molecule has 1 saturated heterocycles. The molecule has 0 spiro atoms. The van der Waals surface area contributed by atoms with Crippen molar-refractivity contribution in [1.29, 1.82) is 0 Å². The SMILES string of the molecule is CC(C)Cc1nc(N2CCCN(C(=O)C3CCCC3)CC2)c2c(-c3cccc(C(F)(F)F)c3)noc2n1. The van der Waals surface area contributed by atoms with Gasteiger partial charge in [-0.05, 0) is 37.3 Å². The number of nitrogens with zero attached hydrogens (tertiary/aromatic N) is 5. The molecule has 0 bridgehead atoms. The van der Waals surface area contributed by atoms with Crippen LogP contribution in [0.1, 0.15) is 57.3 Å². The molecule has 1 aromatic carbocycles. The highest BCUT2D eigenvalue weighted by Gasteiger charge is 2.32. The van der Waals surface area contributed by atoms with Crippen molar-refractivity contribution < 1.29 is 22.5 Å². The molecular formula is C27H32F3N5O2. The first-order valence-electron chi connectivity index (χ1n) is 13.1. The Hall–Kier alpha value is -3.17. The number of hydrogen-bond acceptors (Lipinski definition) is 6. The summed E-state index contributed by atoms with van der Waals surface area (Å²) in [4.78, 5) is 26.5. The number of amides is 1. The molecule has 10 heteroatoms. The standard InChI is InChI=1S/C27H32F3N5O2/c1-17(2)15-21-31-24(34-11-6-12-35(14-13-34)26(36)18-7-3-4-8-18)22-23(33-37-25(22)32-21)19-9-5-10-20(16-19)27(28,29)30/h5,9-10,16-18H,3-4,6-8,11-15H2,1-2H3. The van der Waals surface area contributed by atoms with Crippen molar-refractivity contribution in [3.8, 4) is 11.3 Å². The fourth-order valence-electron chi connectivity index (χ4n) is 5.39. The Morgan fingerprint density at radius 3 is 2.59 bits per heavy atom. The lowest BCUT2D eigenvalue weighted by molar-refractivity contribution is -0.137. The number of carbonyl (C=O) groups is 1. The Kier molecular flexibility index (Phi) is 7.09. The monoisotopic (exact) mass is 515 g/mol. The molecule has 2 aromatic heterocycles. The number of benzene rings is 1. The Morgan fingerprint density at radius 1 is 1.08 bits per heavy atom. The van der Waals surface area contributed by atoms with Crippen molar-refractivity contribution in [3.05, 3.63) is 35.7 Å². The first-order chi connectivity index (χ1) is 17.7. The van der Waals surface area contributed by atoms with Crippen molar-refractivity contribution in [2.45, 2.75) is 58.5 Å². The molecule has 0 unspecified atom stereocenters. The van der Waals surface area contributed by atoms with Crippen LogP contribution in [0.2, 0.25) is 0 Å². The summed E-state index contributed by atoms with van der Waals surface area (Å²) in [6.45, 7) is 6.63. The average molecular weight is 516 g/mol. The van der Waals surface area contributed by atoms with E-state index in [0.717, 1.165) is 44.2 Å². The molecule has 3 heterocycles. The fourth-order valence-corrected chi connectivity index (χ4v) is 5.39. The molecule has 1 aliphatic carbocycles. The second kappa shape index (κ2) is 10.3. The van der Waals surface area contributed by atoms with Crippen LogP contribution in [0.25, 0.3) is 22.4 Å². The number of hydrogen-bond donors (Lipinski definition) is 0. The Bertz CT molecular complexity index is 1270. The predicted octanol–water partition coefficient (Wildman–Crippen LogP) is 5.73. The van der Waals surface area contributed by atoms with Crippen LogP contribution in [0.4, 0.5) is 19.0 Å². The first kappa shape index (κ1) is 25.5. The summed E-state index contributed by atoms with van der Waals surface area (Å²) in [5, 5.41) is 4.65. The maximum atomic E-state index is 13.4. The number of anilines is 1. The molecule has 198 valence electrons. The summed E-state index contributed by atoms with van der Waals surface area (Å²) in [6, 6.07) is 5.07. The highest BCUT2D eigenvalue weighted by Crippen LogP contribution is 2.37. The average Bonchev–Trinajstić information content (AvgIpc) is 3.47. The van der Waals surface area contributed by atoms with Gasteiger partial charge >= 0.3 is 6.18 Å². The zero-order valence-electron chi connectivity index (χ0n) is 21.2. The second-order valence-electron chi connectivity index (χ2n) is 10.5. The van der Waals surface area contributed by atoms with Crippen LogP contribution >= 0.6 is 0 Å². The molecule has 1 saturated carbocycles. The van der Waals surface area contributed by atoms with Crippen molar-refractivity contribution in [3.63, 3.8) is 0 Å². The highest BCUT2D eigenvalue weighted by molar-refractivity contribution is 5.98. The first-order valence-corrected chi connectivity index (χ1v) is 13.1. The lowest BCUT2D eigenvalue weighted by atomic mass is 10.1. The minimum atomic E-state index is -4.47. The smallest absolute Gasteiger partial charge is 0.354 e. The third-order valence-corrected chi connectivity index (χ3v) is 7.23. The van der Waals surface area contributed by atoms with Crippen LogP contribution in [0.15, 0.2) is 28.8 Å². The largest absolute Gasteiger partial charge is 0.416 e. The molecule has 1 aliphatic heterocycles. The van der Waals surface area contributed by atoms with Gasteiger partial charge in [-0.25, -0.2) is 4.98 Å². The zero-order chi connectivity index (χ0) is 26.2. The van der Waals surface area contributed by atoms with Gasteiger partial charge in [0.1, 0.15) is 22.7 Å². The van der Waals surface area contributed by atoms with Crippen LogP contribution in [-0.2, 0) is 17.4 Å². The number of rotatable bonds is 5. The summed E-state index contributed by atoms with van der Waals surface area (Å²) in [5.74, 6) is 1.87. The molecule has 0 N–H and O–H groups in total. The second-order valence-corrected chi connectivity index (χ2v) is 10.5. The molecule has 3 aromatic rings. The van der Waals surface area contributed by atoms with E-state index >= 15 is 0 Å². The van der Waals surface area contributed by atoms with Crippen molar-refractivity contribution >= 4 is 22.8 Å². The van der Waals surface area contributed by atoms with E-state index in [4.69, 9.17) is 9.51 Å². The lowest BCUT2D eigenvalue weighted by Crippen LogP contribution is -2.38. The van der Waals surface area contributed by atoms with E-state index in [-0.39, 0.29) is 23.2 Å². The van der Waals surface area contributed by atoms with E-state index in [9.17, 15) is 18.0 Å². The van der Waals surface area contributed by atoms with Crippen molar-refractivity contribution in [1.82, 2.24) is 20.0 Å². The molecule has 2 fully saturated rings. The normalized spacial score (nSPS) is 17.7. The molecule has 0 atom stereocenters. The minimum absolute atomic E-state index is 0.125.